The van der Waals surface area contributed by atoms with Gasteiger partial charge in [0.25, 0.3) is 0 Å². The first-order chi connectivity index (χ1) is 10.3. The number of aryl methyl sites for hydroxylation is 1. The first-order valence-corrected chi connectivity index (χ1v) is 8.17. The highest BCUT2D eigenvalue weighted by Crippen LogP contribution is 2.33. The highest BCUT2D eigenvalue weighted by Gasteiger charge is 2.22. The van der Waals surface area contributed by atoms with Crippen LogP contribution in [0.1, 0.15) is 55.8 Å². The quantitative estimate of drug-likeness (QED) is 0.745. The molecule has 0 spiro atoms. The van der Waals surface area contributed by atoms with Gasteiger partial charge < -0.3 is 5.32 Å². The number of hydrogen-bond donors (Lipinski definition) is 1. The van der Waals surface area contributed by atoms with Crippen LogP contribution >= 0.6 is 0 Å². The smallest absolute Gasteiger partial charge is 0.0389 e. The van der Waals surface area contributed by atoms with Crippen LogP contribution in [-0.2, 0) is 6.42 Å². The van der Waals surface area contributed by atoms with Crippen molar-refractivity contribution in [2.24, 2.45) is 0 Å². The molecule has 0 radical (unpaired) electrons. The van der Waals surface area contributed by atoms with E-state index in [1.165, 1.54) is 16.7 Å². The molecule has 1 heteroatoms. The average Bonchev–Trinajstić information content (AvgIpc) is 2.56. The Labute approximate surface area is 129 Å². The van der Waals surface area contributed by atoms with Gasteiger partial charge in [0.05, 0.1) is 0 Å². The first-order valence-electron chi connectivity index (χ1n) is 8.17. The van der Waals surface area contributed by atoms with Crippen LogP contribution in [0.3, 0.4) is 0 Å². The minimum absolute atomic E-state index is 0.383. The van der Waals surface area contributed by atoms with E-state index in [0.717, 1.165) is 19.4 Å². The minimum atomic E-state index is 0.383. The molecule has 0 heterocycles. The summed E-state index contributed by atoms with van der Waals surface area (Å²) in [5.41, 5.74) is 4.25. The minimum Gasteiger partial charge on any atom is -0.310 e. The number of hydrogen-bond acceptors (Lipinski definition) is 1. The van der Waals surface area contributed by atoms with Gasteiger partial charge in [-0.1, -0.05) is 75.4 Å². The van der Waals surface area contributed by atoms with Crippen LogP contribution in [0.25, 0.3) is 0 Å². The molecule has 2 aromatic rings. The maximum absolute atomic E-state index is 3.70. The molecule has 0 aromatic heterocycles. The zero-order valence-corrected chi connectivity index (χ0v) is 13.5. The van der Waals surface area contributed by atoms with Gasteiger partial charge in [0.15, 0.2) is 0 Å². The van der Waals surface area contributed by atoms with Crippen LogP contribution in [0, 0.1) is 0 Å². The Morgan fingerprint density at radius 2 is 1.57 bits per heavy atom. The second-order valence-corrected chi connectivity index (χ2v) is 5.56. The van der Waals surface area contributed by atoms with Gasteiger partial charge in [0.1, 0.15) is 0 Å². The van der Waals surface area contributed by atoms with Crippen molar-refractivity contribution in [2.45, 2.75) is 45.6 Å². The molecule has 112 valence electrons. The molecular weight excluding hydrogens is 254 g/mol. The van der Waals surface area contributed by atoms with E-state index in [1.54, 1.807) is 0 Å². The lowest BCUT2D eigenvalue weighted by molar-refractivity contribution is 0.445. The Hall–Kier alpha value is -1.60. The van der Waals surface area contributed by atoms with Crippen LogP contribution in [-0.4, -0.2) is 6.54 Å². The summed E-state index contributed by atoms with van der Waals surface area (Å²) in [7, 11) is 0. The number of likely N-dealkylation sites (N-methyl/N-ethyl adjacent to an activating group) is 1. The standard InChI is InChI=1S/C20H27N/c1-4-16-11-10-14-18(15-16)20(21-6-3)19(5-2)17-12-8-7-9-13-17/h7-15,19-21H,4-6H2,1-3H3. The second-order valence-electron chi connectivity index (χ2n) is 5.56. The molecule has 1 N–H and O–H groups in total. The predicted molar refractivity (Wildman–Crippen MR) is 91.7 cm³/mol. The van der Waals surface area contributed by atoms with Crippen LogP contribution in [0.5, 0.6) is 0 Å². The summed E-state index contributed by atoms with van der Waals surface area (Å²) in [6.45, 7) is 7.68. The third-order valence-corrected chi connectivity index (χ3v) is 4.21. The molecule has 0 fully saturated rings. The molecule has 0 aliphatic rings. The summed E-state index contributed by atoms with van der Waals surface area (Å²) >= 11 is 0. The maximum atomic E-state index is 3.70. The highest BCUT2D eigenvalue weighted by atomic mass is 14.9. The zero-order chi connectivity index (χ0) is 15.1. The van der Waals surface area contributed by atoms with Crippen molar-refractivity contribution in [1.29, 1.82) is 0 Å². The lowest BCUT2D eigenvalue weighted by Crippen LogP contribution is -2.27. The highest BCUT2D eigenvalue weighted by molar-refractivity contribution is 5.31. The fourth-order valence-electron chi connectivity index (χ4n) is 3.08. The van der Waals surface area contributed by atoms with Gasteiger partial charge in [-0.05, 0) is 36.1 Å². The van der Waals surface area contributed by atoms with Crippen LogP contribution in [0.15, 0.2) is 54.6 Å². The molecule has 1 nitrogen and oxygen atoms in total. The Morgan fingerprint density at radius 3 is 2.19 bits per heavy atom. The van der Waals surface area contributed by atoms with E-state index in [-0.39, 0.29) is 0 Å². The van der Waals surface area contributed by atoms with Gasteiger partial charge in [0, 0.05) is 12.0 Å². The molecule has 21 heavy (non-hydrogen) atoms. The number of rotatable bonds is 7. The van der Waals surface area contributed by atoms with Gasteiger partial charge in [-0.25, -0.2) is 0 Å². The SMILES string of the molecule is CCNC(c1cccc(CC)c1)C(CC)c1ccccc1. The van der Waals surface area contributed by atoms with Crippen molar-refractivity contribution in [3.8, 4) is 0 Å². The fourth-order valence-corrected chi connectivity index (χ4v) is 3.08. The van der Waals surface area contributed by atoms with Gasteiger partial charge in [0.2, 0.25) is 0 Å². The van der Waals surface area contributed by atoms with Crippen molar-refractivity contribution in [3.05, 3.63) is 71.3 Å². The van der Waals surface area contributed by atoms with Crippen molar-refractivity contribution in [2.75, 3.05) is 6.54 Å². The summed E-state index contributed by atoms with van der Waals surface area (Å²) in [5, 5.41) is 3.70. The summed E-state index contributed by atoms with van der Waals surface area (Å²) in [6.07, 6.45) is 2.23. The van der Waals surface area contributed by atoms with E-state index in [1.807, 2.05) is 0 Å². The van der Waals surface area contributed by atoms with E-state index in [9.17, 15) is 0 Å². The van der Waals surface area contributed by atoms with Crippen LogP contribution in [0.2, 0.25) is 0 Å². The number of benzene rings is 2. The van der Waals surface area contributed by atoms with E-state index in [2.05, 4.69) is 80.7 Å². The van der Waals surface area contributed by atoms with Crippen LogP contribution < -0.4 is 5.32 Å². The van der Waals surface area contributed by atoms with Gasteiger partial charge in [-0.3, -0.25) is 0 Å². The molecule has 0 saturated carbocycles. The van der Waals surface area contributed by atoms with E-state index in [4.69, 9.17) is 0 Å². The van der Waals surface area contributed by atoms with Crippen molar-refractivity contribution in [1.82, 2.24) is 5.32 Å². The topological polar surface area (TPSA) is 12.0 Å². The zero-order valence-electron chi connectivity index (χ0n) is 13.5. The Balaban J connectivity index is 2.36. The van der Waals surface area contributed by atoms with Crippen molar-refractivity contribution >= 4 is 0 Å². The molecule has 0 bridgehead atoms. The second kappa shape index (κ2) is 7.99. The Morgan fingerprint density at radius 1 is 0.857 bits per heavy atom. The van der Waals surface area contributed by atoms with E-state index < -0.39 is 0 Å². The molecular formula is C20H27N. The predicted octanol–water partition coefficient (Wildman–Crippen LogP) is 5.09. The van der Waals surface area contributed by atoms with Crippen LogP contribution in [0.4, 0.5) is 0 Å². The third-order valence-electron chi connectivity index (χ3n) is 4.21. The summed E-state index contributed by atoms with van der Waals surface area (Å²) in [5.74, 6) is 0.512. The molecule has 2 unspecified atom stereocenters. The normalized spacial score (nSPS) is 13.9. The van der Waals surface area contributed by atoms with Crippen molar-refractivity contribution < 1.29 is 0 Å². The molecule has 0 aliphatic carbocycles. The summed E-state index contributed by atoms with van der Waals surface area (Å²) in [4.78, 5) is 0. The average molecular weight is 281 g/mol. The third kappa shape index (κ3) is 3.95. The van der Waals surface area contributed by atoms with Gasteiger partial charge >= 0.3 is 0 Å². The first kappa shape index (κ1) is 15.8. The monoisotopic (exact) mass is 281 g/mol. The lowest BCUT2D eigenvalue weighted by atomic mass is 9.84. The summed E-state index contributed by atoms with van der Waals surface area (Å²) in [6, 6.07) is 20.3. The fraction of sp³-hybridized carbons (Fsp3) is 0.400. The Kier molecular flexibility index (Phi) is 6.01. The largest absolute Gasteiger partial charge is 0.310 e. The van der Waals surface area contributed by atoms with E-state index >= 15 is 0 Å². The number of nitrogens with one attached hydrogen (secondary N) is 1. The molecule has 2 aromatic carbocycles. The van der Waals surface area contributed by atoms with Gasteiger partial charge in [-0.15, -0.1) is 0 Å². The van der Waals surface area contributed by atoms with Crippen molar-refractivity contribution in [3.63, 3.8) is 0 Å². The maximum Gasteiger partial charge on any atom is 0.0389 e. The lowest BCUT2D eigenvalue weighted by Gasteiger charge is -2.28. The molecule has 0 saturated heterocycles. The molecule has 0 aliphatic heterocycles. The molecule has 2 atom stereocenters. The van der Waals surface area contributed by atoms with Gasteiger partial charge in [-0.2, -0.15) is 0 Å². The summed E-state index contributed by atoms with van der Waals surface area (Å²) < 4.78 is 0. The Bertz CT molecular complexity index is 533. The molecule has 2 rings (SSSR count). The van der Waals surface area contributed by atoms with E-state index in [0.29, 0.717) is 12.0 Å². The molecule has 0 amide bonds.